The molecule has 2 amide bonds. The highest BCUT2D eigenvalue weighted by molar-refractivity contribution is 5.96. The molecule has 31 heavy (non-hydrogen) atoms. The Labute approximate surface area is 183 Å². The summed E-state index contributed by atoms with van der Waals surface area (Å²) in [4.78, 5) is 27.2. The Morgan fingerprint density at radius 2 is 1.55 bits per heavy atom. The molecule has 1 fully saturated rings. The molecule has 4 heteroatoms. The molecule has 158 valence electrons. The predicted octanol–water partition coefficient (Wildman–Crippen LogP) is 5.43. The topological polar surface area (TPSA) is 49.4 Å². The van der Waals surface area contributed by atoms with Crippen LogP contribution in [0.15, 0.2) is 72.8 Å². The van der Waals surface area contributed by atoms with Gasteiger partial charge in [0, 0.05) is 17.3 Å². The average Bonchev–Trinajstić information content (AvgIpc) is 3.59. The highest BCUT2D eigenvalue weighted by atomic mass is 16.2. The second-order valence-corrected chi connectivity index (χ2v) is 8.45. The molecule has 0 aromatic heterocycles. The van der Waals surface area contributed by atoms with Gasteiger partial charge in [0.2, 0.25) is 11.8 Å². The molecule has 1 aliphatic carbocycles. The maximum absolute atomic E-state index is 12.9. The van der Waals surface area contributed by atoms with Gasteiger partial charge >= 0.3 is 0 Å². The van der Waals surface area contributed by atoms with Crippen molar-refractivity contribution in [2.75, 3.05) is 10.2 Å². The van der Waals surface area contributed by atoms with E-state index in [4.69, 9.17) is 0 Å². The fraction of sp³-hybridized carbons (Fsp3) is 0.259. The molecule has 4 rings (SSSR count). The van der Waals surface area contributed by atoms with Crippen LogP contribution in [0.5, 0.6) is 0 Å². The third-order valence-electron chi connectivity index (χ3n) is 5.57. The van der Waals surface area contributed by atoms with Gasteiger partial charge in [-0.3, -0.25) is 9.59 Å². The van der Waals surface area contributed by atoms with Crippen molar-refractivity contribution < 1.29 is 9.59 Å². The molecule has 3 aromatic rings. The number of hydrogen-bond acceptors (Lipinski definition) is 2. The van der Waals surface area contributed by atoms with Crippen molar-refractivity contribution in [1.29, 1.82) is 0 Å². The normalized spacial score (nSPS) is 13.0. The lowest BCUT2D eigenvalue weighted by atomic mass is 10.1. The molecular weight excluding hydrogens is 384 g/mol. The largest absolute Gasteiger partial charge is 0.326 e. The molecule has 1 N–H and O–H groups in total. The number of carbonyl (C=O) groups is 2. The van der Waals surface area contributed by atoms with E-state index in [0.717, 1.165) is 40.9 Å². The van der Waals surface area contributed by atoms with Crippen molar-refractivity contribution in [3.05, 3.63) is 95.1 Å². The van der Waals surface area contributed by atoms with Crippen LogP contribution >= 0.6 is 0 Å². The Kier molecular flexibility index (Phi) is 6.17. The summed E-state index contributed by atoms with van der Waals surface area (Å²) in [5.41, 5.74) is 6.03. The van der Waals surface area contributed by atoms with E-state index in [-0.39, 0.29) is 17.7 Å². The molecule has 0 atom stereocenters. The molecule has 1 saturated carbocycles. The first-order chi connectivity index (χ1) is 15.0. The predicted molar refractivity (Wildman–Crippen MR) is 125 cm³/mol. The van der Waals surface area contributed by atoms with Crippen LogP contribution in [0.3, 0.4) is 0 Å². The number of rotatable bonds is 7. The van der Waals surface area contributed by atoms with E-state index >= 15 is 0 Å². The lowest BCUT2D eigenvalue weighted by Crippen LogP contribution is -2.31. The number of nitrogens with zero attached hydrogens (tertiary/aromatic N) is 1. The number of aryl methyl sites for hydroxylation is 2. The molecule has 0 unspecified atom stereocenters. The highest BCUT2D eigenvalue weighted by Crippen LogP contribution is 2.33. The quantitative estimate of drug-likeness (QED) is 0.563. The first-order valence-electron chi connectivity index (χ1n) is 10.8. The van der Waals surface area contributed by atoms with Gasteiger partial charge in [0.25, 0.3) is 0 Å². The summed E-state index contributed by atoms with van der Waals surface area (Å²) in [6.07, 6.45) is 2.24. The first-order valence-corrected chi connectivity index (χ1v) is 10.8. The molecule has 0 bridgehead atoms. The number of carbonyl (C=O) groups excluding carboxylic acids is 2. The van der Waals surface area contributed by atoms with Gasteiger partial charge in [0.05, 0.1) is 13.0 Å². The smallest absolute Gasteiger partial charge is 0.230 e. The third-order valence-corrected chi connectivity index (χ3v) is 5.57. The zero-order valence-electron chi connectivity index (χ0n) is 18.1. The van der Waals surface area contributed by atoms with Gasteiger partial charge < -0.3 is 10.2 Å². The lowest BCUT2D eigenvalue weighted by Gasteiger charge is -2.23. The molecule has 3 aromatic carbocycles. The van der Waals surface area contributed by atoms with E-state index in [9.17, 15) is 9.59 Å². The number of hydrogen-bond donors (Lipinski definition) is 1. The second kappa shape index (κ2) is 9.17. The lowest BCUT2D eigenvalue weighted by molar-refractivity contribution is -0.120. The highest BCUT2D eigenvalue weighted by Gasteiger charge is 2.34. The summed E-state index contributed by atoms with van der Waals surface area (Å²) in [5, 5.41) is 2.94. The molecular formula is C27H28N2O2. The van der Waals surface area contributed by atoms with Gasteiger partial charge in [0.15, 0.2) is 0 Å². The standard InChI is InChI=1S/C27H28N2O2/c1-19-6-8-22(9-7-19)18-29(27(31)23-12-13-23)25-14-10-21(11-15-25)17-26(30)28-24-5-3-4-20(2)16-24/h3-11,14-16,23H,12-13,17-18H2,1-2H3,(H,28,30). The summed E-state index contributed by atoms with van der Waals surface area (Å²) in [6, 6.07) is 23.8. The van der Waals surface area contributed by atoms with Gasteiger partial charge in [-0.05, 0) is 67.6 Å². The van der Waals surface area contributed by atoms with Crippen LogP contribution in [0.4, 0.5) is 11.4 Å². The number of benzene rings is 3. The molecule has 0 heterocycles. The molecule has 0 aliphatic heterocycles. The van der Waals surface area contributed by atoms with Crippen LogP contribution in [-0.2, 0) is 22.6 Å². The minimum atomic E-state index is -0.0519. The van der Waals surface area contributed by atoms with E-state index < -0.39 is 0 Å². The van der Waals surface area contributed by atoms with Crippen LogP contribution in [0, 0.1) is 19.8 Å². The Morgan fingerprint density at radius 3 is 2.19 bits per heavy atom. The Morgan fingerprint density at radius 1 is 0.871 bits per heavy atom. The minimum Gasteiger partial charge on any atom is -0.326 e. The minimum absolute atomic E-state index is 0.0519. The zero-order valence-corrected chi connectivity index (χ0v) is 18.1. The zero-order chi connectivity index (χ0) is 21.8. The summed E-state index contributed by atoms with van der Waals surface area (Å²) in [6.45, 7) is 4.62. The summed E-state index contributed by atoms with van der Waals surface area (Å²) < 4.78 is 0. The fourth-order valence-electron chi connectivity index (χ4n) is 3.63. The number of nitrogens with one attached hydrogen (secondary N) is 1. The molecule has 1 aliphatic rings. The van der Waals surface area contributed by atoms with Crippen molar-refractivity contribution in [3.8, 4) is 0 Å². The van der Waals surface area contributed by atoms with E-state index in [0.29, 0.717) is 13.0 Å². The number of anilines is 2. The van der Waals surface area contributed by atoms with Gasteiger partial charge in [-0.25, -0.2) is 0 Å². The van der Waals surface area contributed by atoms with Crippen LogP contribution in [-0.4, -0.2) is 11.8 Å². The van der Waals surface area contributed by atoms with Gasteiger partial charge in [0.1, 0.15) is 0 Å². The number of amides is 2. The van der Waals surface area contributed by atoms with Crippen molar-refractivity contribution in [2.45, 2.75) is 39.7 Å². The molecule has 0 radical (unpaired) electrons. The summed E-state index contributed by atoms with van der Waals surface area (Å²) >= 11 is 0. The molecule has 0 spiro atoms. The van der Waals surface area contributed by atoms with Crippen LogP contribution in [0.25, 0.3) is 0 Å². The van der Waals surface area contributed by atoms with Gasteiger partial charge in [-0.1, -0.05) is 54.1 Å². The Hall–Kier alpha value is -3.40. The van der Waals surface area contributed by atoms with Gasteiger partial charge in [-0.2, -0.15) is 0 Å². The SMILES string of the molecule is Cc1ccc(CN(C(=O)C2CC2)c2ccc(CC(=O)Nc3cccc(C)c3)cc2)cc1. The Balaban J connectivity index is 1.45. The Bertz CT molecular complexity index is 1070. The summed E-state index contributed by atoms with van der Waals surface area (Å²) in [5.74, 6) is 0.277. The van der Waals surface area contributed by atoms with Gasteiger partial charge in [-0.15, -0.1) is 0 Å². The van der Waals surface area contributed by atoms with E-state index in [1.54, 1.807) is 0 Å². The van der Waals surface area contributed by atoms with Crippen molar-refractivity contribution in [2.24, 2.45) is 5.92 Å². The fourth-order valence-corrected chi connectivity index (χ4v) is 3.63. The van der Waals surface area contributed by atoms with Crippen LogP contribution in [0.2, 0.25) is 0 Å². The first kappa shape index (κ1) is 20.9. The third kappa shape index (κ3) is 5.60. The average molecular weight is 413 g/mol. The van der Waals surface area contributed by atoms with Crippen molar-refractivity contribution in [3.63, 3.8) is 0 Å². The van der Waals surface area contributed by atoms with E-state index in [1.807, 2.05) is 60.4 Å². The molecule has 4 nitrogen and oxygen atoms in total. The van der Waals surface area contributed by atoms with Crippen LogP contribution < -0.4 is 10.2 Å². The van der Waals surface area contributed by atoms with Crippen molar-refractivity contribution in [1.82, 2.24) is 0 Å². The van der Waals surface area contributed by atoms with E-state index in [2.05, 4.69) is 36.5 Å². The monoisotopic (exact) mass is 412 g/mol. The van der Waals surface area contributed by atoms with Crippen molar-refractivity contribution >= 4 is 23.2 Å². The second-order valence-electron chi connectivity index (χ2n) is 8.45. The molecule has 0 saturated heterocycles. The summed E-state index contributed by atoms with van der Waals surface area (Å²) in [7, 11) is 0. The maximum Gasteiger partial charge on any atom is 0.230 e. The van der Waals surface area contributed by atoms with E-state index in [1.165, 1.54) is 5.56 Å². The maximum atomic E-state index is 12.9. The van der Waals surface area contributed by atoms with Crippen LogP contribution in [0.1, 0.15) is 35.1 Å².